The fourth-order valence-corrected chi connectivity index (χ4v) is 3.94. The first kappa shape index (κ1) is 20.5. The van der Waals surface area contributed by atoms with Gasteiger partial charge in [-0.05, 0) is 44.2 Å². The highest BCUT2D eigenvalue weighted by Gasteiger charge is 2.18. The molecule has 0 radical (unpaired) electrons. The van der Waals surface area contributed by atoms with Crippen LogP contribution in [0.2, 0.25) is 0 Å². The number of aromatic hydroxyl groups is 3. The summed E-state index contributed by atoms with van der Waals surface area (Å²) < 4.78 is 7.03. The van der Waals surface area contributed by atoms with Crippen molar-refractivity contribution in [3.8, 4) is 34.3 Å². The Hall–Kier alpha value is -3.79. The first-order valence-corrected chi connectivity index (χ1v) is 10.3. The van der Waals surface area contributed by atoms with Gasteiger partial charge in [0.15, 0.2) is 18.1 Å². The number of rotatable bonds is 4. The van der Waals surface area contributed by atoms with Crippen molar-refractivity contribution in [2.45, 2.75) is 19.9 Å². The number of thiazole rings is 1. The number of carbonyl (C=O) groups excluding carboxylic acids is 1. The third-order valence-corrected chi connectivity index (χ3v) is 5.27. The number of hydrogen-bond donors (Lipinski definition) is 4. The minimum atomic E-state index is -0.614. The Kier molecular flexibility index (Phi) is 5.38. The summed E-state index contributed by atoms with van der Waals surface area (Å²) in [5.74, 6) is -1.15. The van der Waals surface area contributed by atoms with Crippen LogP contribution in [0.25, 0.3) is 11.3 Å². The summed E-state index contributed by atoms with van der Waals surface area (Å²) in [7, 11) is 0. The molecular formula is C21H20N4O5S. The molecule has 10 heteroatoms. The van der Waals surface area contributed by atoms with Crippen molar-refractivity contribution in [3.05, 3.63) is 46.1 Å². The third kappa shape index (κ3) is 4.10. The average molecular weight is 440 g/mol. The summed E-state index contributed by atoms with van der Waals surface area (Å²) in [6.45, 7) is 3.88. The quantitative estimate of drug-likeness (QED) is 0.366. The fraction of sp³-hybridized carbons (Fsp3) is 0.190. The van der Waals surface area contributed by atoms with Crippen LogP contribution in [-0.2, 0) is 4.79 Å². The van der Waals surface area contributed by atoms with Crippen LogP contribution in [0, 0.1) is 0 Å². The van der Waals surface area contributed by atoms with Gasteiger partial charge in [-0.3, -0.25) is 9.79 Å². The maximum absolute atomic E-state index is 11.7. The van der Waals surface area contributed by atoms with Crippen LogP contribution in [0.5, 0.6) is 23.0 Å². The number of fused-ring (bicyclic) bond motifs is 1. The van der Waals surface area contributed by atoms with E-state index in [0.29, 0.717) is 21.9 Å². The number of carbonyl (C=O) groups is 1. The summed E-state index contributed by atoms with van der Waals surface area (Å²) in [5, 5.41) is 38.5. The summed E-state index contributed by atoms with van der Waals surface area (Å²) in [6, 6.07) is 8.15. The van der Waals surface area contributed by atoms with Crippen molar-refractivity contribution in [3.63, 3.8) is 0 Å². The predicted molar refractivity (Wildman–Crippen MR) is 117 cm³/mol. The molecule has 4 rings (SSSR count). The van der Waals surface area contributed by atoms with E-state index < -0.39 is 17.2 Å². The number of nitrogens with one attached hydrogen (secondary N) is 1. The number of aromatic nitrogens is 1. The Labute approximate surface area is 181 Å². The second kappa shape index (κ2) is 8.15. The highest BCUT2D eigenvalue weighted by atomic mass is 32.1. The molecule has 160 valence electrons. The van der Waals surface area contributed by atoms with E-state index in [1.165, 1.54) is 29.7 Å². The normalized spacial score (nSPS) is 14.0. The van der Waals surface area contributed by atoms with E-state index in [0.717, 1.165) is 5.56 Å². The number of nitrogens with zero attached hydrogens (tertiary/aromatic N) is 3. The van der Waals surface area contributed by atoms with Crippen LogP contribution in [0.3, 0.4) is 0 Å². The Morgan fingerprint density at radius 2 is 2.00 bits per heavy atom. The van der Waals surface area contributed by atoms with Gasteiger partial charge < -0.3 is 25.4 Å². The van der Waals surface area contributed by atoms with Gasteiger partial charge in [-0.15, -0.1) is 11.3 Å². The van der Waals surface area contributed by atoms with Crippen molar-refractivity contribution < 1.29 is 24.9 Å². The predicted octanol–water partition coefficient (Wildman–Crippen LogP) is 2.86. The van der Waals surface area contributed by atoms with Crippen LogP contribution < -0.4 is 14.9 Å². The smallest absolute Gasteiger partial charge is 0.262 e. The molecule has 1 amide bonds. The van der Waals surface area contributed by atoms with Crippen molar-refractivity contribution in [1.29, 1.82) is 0 Å². The molecule has 0 bridgehead atoms. The Bertz CT molecular complexity index is 1260. The van der Waals surface area contributed by atoms with Gasteiger partial charge in [0.2, 0.25) is 10.6 Å². The van der Waals surface area contributed by atoms with Gasteiger partial charge in [-0.25, -0.2) is 4.68 Å². The molecule has 0 unspecified atom stereocenters. The van der Waals surface area contributed by atoms with Crippen LogP contribution in [-0.4, -0.2) is 44.8 Å². The number of phenols is 3. The lowest BCUT2D eigenvalue weighted by atomic mass is 10.1. The molecule has 1 aliphatic heterocycles. The minimum Gasteiger partial charge on any atom is -0.504 e. The summed E-state index contributed by atoms with van der Waals surface area (Å²) >= 11 is 1.39. The van der Waals surface area contributed by atoms with E-state index in [-0.39, 0.29) is 24.1 Å². The standard InChI is InChI=1S/C21H20N4O5S/c1-11(2)23-21-25(22-8-13-3-5-16(26)20(29)19(13)28)15(10-31-21)12-4-6-17-14(7-12)24-18(27)9-30-17/h3-8,10-11,26,28-29H,9H2,1-2H3,(H,24,27). The molecule has 0 fully saturated rings. The number of phenolic OH excluding ortho intramolecular Hbond substituents is 3. The van der Waals surface area contributed by atoms with E-state index in [4.69, 9.17) is 4.74 Å². The molecule has 0 saturated carbocycles. The second-order valence-corrected chi connectivity index (χ2v) is 7.94. The fourth-order valence-electron chi connectivity index (χ4n) is 2.97. The zero-order valence-electron chi connectivity index (χ0n) is 16.7. The molecule has 3 aromatic rings. The lowest BCUT2D eigenvalue weighted by Gasteiger charge is -2.18. The topological polar surface area (TPSA) is 129 Å². The number of hydrogen-bond acceptors (Lipinski definition) is 8. The van der Waals surface area contributed by atoms with Crippen LogP contribution >= 0.6 is 11.3 Å². The second-order valence-electron chi connectivity index (χ2n) is 7.10. The molecule has 0 atom stereocenters. The zero-order valence-corrected chi connectivity index (χ0v) is 17.6. The lowest BCUT2D eigenvalue weighted by Crippen LogP contribution is -2.25. The van der Waals surface area contributed by atoms with E-state index in [1.807, 2.05) is 25.3 Å². The zero-order chi connectivity index (χ0) is 22.1. The third-order valence-electron chi connectivity index (χ3n) is 4.44. The Morgan fingerprint density at radius 1 is 1.19 bits per heavy atom. The van der Waals surface area contributed by atoms with E-state index in [2.05, 4.69) is 15.4 Å². The summed E-state index contributed by atoms with van der Waals surface area (Å²) in [4.78, 5) is 16.9. The Balaban J connectivity index is 1.81. The van der Waals surface area contributed by atoms with E-state index >= 15 is 0 Å². The van der Waals surface area contributed by atoms with Crippen molar-refractivity contribution in [2.24, 2.45) is 10.1 Å². The van der Waals surface area contributed by atoms with Crippen molar-refractivity contribution in [2.75, 3.05) is 11.9 Å². The maximum atomic E-state index is 11.7. The van der Waals surface area contributed by atoms with E-state index in [9.17, 15) is 20.1 Å². The molecule has 1 aliphatic rings. The molecule has 0 spiro atoms. The molecule has 0 saturated heterocycles. The monoisotopic (exact) mass is 440 g/mol. The summed E-state index contributed by atoms with van der Waals surface area (Å²) in [5.41, 5.74) is 2.28. The minimum absolute atomic E-state index is 0.0184. The molecule has 1 aromatic heterocycles. The van der Waals surface area contributed by atoms with Gasteiger partial charge in [-0.1, -0.05) is 0 Å². The van der Waals surface area contributed by atoms with Gasteiger partial charge in [-0.2, -0.15) is 5.10 Å². The number of amides is 1. The Morgan fingerprint density at radius 3 is 2.77 bits per heavy atom. The first-order valence-electron chi connectivity index (χ1n) is 9.43. The molecule has 31 heavy (non-hydrogen) atoms. The first-order chi connectivity index (χ1) is 14.8. The van der Waals surface area contributed by atoms with Gasteiger partial charge in [0.25, 0.3) is 5.91 Å². The lowest BCUT2D eigenvalue weighted by molar-refractivity contribution is -0.118. The van der Waals surface area contributed by atoms with Gasteiger partial charge >= 0.3 is 0 Å². The van der Waals surface area contributed by atoms with Gasteiger partial charge in [0.1, 0.15) is 5.75 Å². The van der Waals surface area contributed by atoms with E-state index in [1.54, 1.807) is 16.8 Å². The molecule has 9 nitrogen and oxygen atoms in total. The molecule has 2 aromatic carbocycles. The van der Waals surface area contributed by atoms with Crippen molar-refractivity contribution in [1.82, 2.24) is 4.68 Å². The highest BCUT2D eigenvalue weighted by Crippen LogP contribution is 2.36. The van der Waals surface area contributed by atoms with Crippen LogP contribution in [0.15, 0.2) is 45.8 Å². The van der Waals surface area contributed by atoms with Gasteiger partial charge in [0.05, 0.1) is 17.6 Å². The number of anilines is 1. The number of benzene rings is 2. The van der Waals surface area contributed by atoms with Crippen LogP contribution in [0.4, 0.5) is 5.69 Å². The molecule has 4 N–H and O–H groups in total. The van der Waals surface area contributed by atoms with Crippen molar-refractivity contribution >= 4 is 29.1 Å². The highest BCUT2D eigenvalue weighted by molar-refractivity contribution is 7.07. The SMILES string of the molecule is CC(C)N=c1scc(-c2ccc3c(c2)NC(=O)CO3)n1N=Cc1ccc(O)c(O)c1O. The molecule has 0 aliphatic carbocycles. The molecular weight excluding hydrogens is 420 g/mol. The molecule has 2 heterocycles. The number of ether oxygens (including phenoxy) is 1. The van der Waals surface area contributed by atoms with Crippen LogP contribution in [0.1, 0.15) is 19.4 Å². The largest absolute Gasteiger partial charge is 0.504 e. The maximum Gasteiger partial charge on any atom is 0.262 e. The summed E-state index contributed by atoms with van der Waals surface area (Å²) in [6.07, 6.45) is 1.37. The average Bonchev–Trinajstić information content (AvgIpc) is 3.12. The van der Waals surface area contributed by atoms with Gasteiger partial charge in [0, 0.05) is 22.5 Å².